The molecule has 0 radical (unpaired) electrons. The van der Waals surface area contributed by atoms with Gasteiger partial charge in [0.2, 0.25) is 0 Å². The minimum absolute atomic E-state index is 0.216. The standard InChI is InChI=1S/C15H13FN2O/c16-12-6-2-3-7-14(12)18-13(9-10-17-18)11-5-1-4-8-15(11)19/h1-11,15,19H. The van der Waals surface area contributed by atoms with Crippen molar-refractivity contribution < 1.29 is 9.50 Å². The number of aliphatic hydroxyl groups is 1. The van der Waals surface area contributed by atoms with Gasteiger partial charge in [0.15, 0.2) is 0 Å². The van der Waals surface area contributed by atoms with E-state index >= 15 is 0 Å². The van der Waals surface area contributed by atoms with E-state index in [0.717, 1.165) is 5.69 Å². The second kappa shape index (κ2) is 4.82. The number of nitrogens with zero attached hydrogens (tertiary/aromatic N) is 2. The third-order valence-corrected chi connectivity index (χ3v) is 3.20. The van der Waals surface area contributed by atoms with E-state index in [0.29, 0.717) is 5.69 Å². The Morgan fingerprint density at radius 2 is 1.89 bits per heavy atom. The molecule has 1 aromatic heterocycles. The second-order valence-electron chi connectivity index (χ2n) is 4.41. The van der Waals surface area contributed by atoms with E-state index in [1.165, 1.54) is 10.7 Å². The number of hydrogen-bond donors (Lipinski definition) is 1. The number of allylic oxidation sites excluding steroid dienone is 2. The Hall–Kier alpha value is -2.20. The van der Waals surface area contributed by atoms with Gasteiger partial charge < -0.3 is 5.11 Å². The minimum atomic E-state index is -0.618. The average molecular weight is 256 g/mol. The van der Waals surface area contributed by atoms with Crippen molar-refractivity contribution in [2.24, 2.45) is 0 Å². The molecular formula is C15H13FN2O. The minimum Gasteiger partial charge on any atom is -0.388 e. The molecule has 0 aliphatic heterocycles. The van der Waals surface area contributed by atoms with Crippen LogP contribution in [0.15, 0.2) is 60.8 Å². The van der Waals surface area contributed by atoms with Gasteiger partial charge in [-0.05, 0) is 18.2 Å². The van der Waals surface area contributed by atoms with E-state index in [1.807, 2.05) is 12.2 Å². The lowest BCUT2D eigenvalue weighted by Gasteiger charge is -2.20. The highest BCUT2D eigenvalue weighted by Crippen LogP contribution is 2.27. The van der Waals surface area contributed by atoms with Crippen LogP contribution in [0.5, 0.6) is 0 Å². The van der Waals surface area contributed by atoms with E-state index in [-0.39, 0.29) is 11.7 Å². The summed E-state index contributed by atoms with van der Waals surface area (Å²) < 4.78 is 15.4. The zero-order chi connectivity index (χ0) is 13.2. The molecule has 2 unspecified atom stereocenters. The third kappa shape index (κ3) is 2.11. The summed E-state index contributed by atoms with van der Waals surface area (Å²) in [5.74, 6) is -0.552. The van der Waals surface area contributed by atoms with Gasteiger partial charge in [0.05, 0.1) is 11.8 Å². The molecule has 4 heteroatoms. The van der Waals surface area contributed by atoms with E-state index in [9.17, 15) is 9.50 Å². The van der Waals surface area contributed by atoms with Crippen molar-refractivity contribution in [1.82, 2.24) is 9.78 Å². The molecule has 2 atom stereocenters. The number of rotatable bonds is 2. The fraction of sp³-hybridized carbons (Fsp3) is 0.133. The molecule has 0 saturated carbocycles. The molecule has 1 aliphatic rings. The van der Waals surface area contributed by atoms with Gasteiger partial charge in [-0.3, -0.25) is 0 Å². The smallest absolute Gasteiger partial charge is 0.148 e. The molecule has 2 aromatic rings. The first-order chi connectivity index (χ1) is 9.27. The second-order valence-corrected chi connectivity index (χ2v) is 4.41. The molecule has 3 nitrogen and oxygen atoms in total. The van der Waals surface area contributed by atoms with E-state index < -0.39 is 6.10 Å². The van der Waals surface area contributed by atoms with Crippen LogP contribution in [0, 0.1) is 5.82 Å². The van der Waals surface area contributed by atoms with Gasteiger partial charge in [-0.2, -0.15) is 5.10 Å². The van der Waals surface area contributed by atoms with Crippen molar-refractivity contribution >= 4 is 0 Å². The Morgan fingerprint density at radius 1 is 1.11 bits per heavy atom. The quantitative estimate of drug-likeness (QED) is 0.896. The van der Waals surface area contributed by atoms with Crippen LogP contribution in [-0.4, -0.2) is 21.0 Å². The summed E-state index contributed by atoms with van der Waals surface area (Å²) >= 11 is 0. The van der Waals surface area contributed by atoms with Gasteiger partial charge in [-0.1, -0.05) is 36.4 Å². The van der Waals surface area contributed by atoms with Crippen molar-refractivity contribution in [2.45, 2.75) is 12.0 Å². The first-order valence-electron chi connectivity index (χ1n) is 6.09. The van der Waals surface area contributed by atoms with E-state index in [2.05, 4.69) is 5.10 Å². The number of halogens is 1. The van der Waals surface area contributed by atoms with Crippen molar-refractivity contribution in [2.75, 3.05) is 0 Å². The summed E-state index contributed by atoms with van der Waals surface area (Å²) in [6, 6.07) is 8.26. The lowest BCUT2D eigenvalue weighted by atomic mass is 9.94. The van der Waals surface area contributed by atoms with Crippen LogP contribution in [0.3, 0.4) is 0 Å². The SMILES string of the molecule is OC1C=CC=CC1c1ccnn1-c1ccccc1F. The van der Waals surface area contributed by atoms with Crippen LogP contribution >= 0.6 is 0 Å². The van der Waals surface area contributed by atoms with Gasteiger partial charge in [-0.25, -0.2) is 9.07 Å². The van der Waals surface area contributed by atoms with Crippen LogP contribution in [-0.2, 0) is 0 Å². The van der Waals surface area contributed by atoms with Crippen LogP contribution in [0.25, 0.3) is 5.69 Å². The molecule has 0 amide bonds. The Kier molecular flexibility index (Phi) is 3.01. The summed E-state index contributed by atoms with van der Waals surface area (Å²) in [4.78, 5) is 0. The lowest BCUT2D eigenvalue weighted by molar-refractivity contribution is 0.203. The number of para-hydroxylation sites is 1. The molecule has 0 fully saturated rings. The molecule has 19 heavy (non-hydrogen) atoms. The summed E-state index contributed by atoms with van der Waals surface area (Å²) in [6.45, 7) is 0. The third-order valence-electron chi connectivity index (χ3n) is 3.20. The molecule has 1 aliphatic carbocycles. The molecule has 1 heterocycles. The molecule has 0 bridgehead atoms. The van der Waals surface area contributed by atoms with E-state index in [4.69, 9.17) is 0 Å². The largest absolute Gasteiger partial charge is 0.388 e. The zero-order valence-electron chi connectivity index (χ0n) is 10.1. The van der Waals surface area contributed by atoms with Crippen LogP contribution < -0.4 is 0 Å². The van der Waals surface area contributed by atoms with Crippen LogP contribution in [0.1, 0.15) is 11.6 Å². The molecule has 3 rings (SSSR count). The first kappa shape index (κ1) is 11.9. The normalized spacial score (nSPS) is 21.8. The Morgan fingerprint density at radius 3 is 2.68 bits per heavy atom. The summed E-state index contributed by atoms with van der Waals surface area (Å²) in [5, 5.41) is 14.2. The van der Waals surface area contributed by atoms with Gasteiger partial charge in [0.1, 0.15) is 11.5 Å². The molecule has 0 spiro atoms. The fourth-order valence-electron chi connectivity index (χ4n) is 2.26. The maximum atomic E-state index is 13.8. The number of aromatic nitrogens is 2. The maximum Gasteiger partial charge on any atom is 0.148 e. The van der Waals surface area contributed by atoms with Gasteiger partial charge in [0.25, 0.3) is 0 Å². The molecule has 1 aromatic carbocycles. The Balaban J connectivity index is 2.06. The van der Waals surface area contributed by atoms with Crippen LogP contribution in [0.2, 0.25) is 0 Å². The number of benzene rings is 1. The van der Waals surface area contributed by atoms with Crippen molar-refractivity contribution in [1.29, 1.82) is 0 Å². The maximum absolute atomic E-state index is 13.8. The fourth-order valence-corrected chi connectivity index (χ4v) is 2.26. The van der Waals surface area contributed by atoms with Gasteiger partial charge in [0, 0.05) is 12.1 Å². The number of hydrogen-bond acceptors (Lipinski definition) is 2. The Labute approximate surface area is 110 Å². The molecule has 0 saturated heterocycles. The molecule has 96 valence electrons. The van der Waals surface area contributed by atoms with Crippen molar-refractivity contribution in [3.05, 3.63) is 72.3 Å². The monoisotopic (exact) mass is 256 g/mol. The summed E-state index contributed by atoms with van der Waals surface area (Å²) in [6.07, 6.45) is 8.26. The highest BCUT2D eigenvalue weighted by atomic mass is 19.1. The topological polar surface area (TPSA) is 38.1 Å². The van der Waals surface area contributed by atoms with Crippen molar-refractivity contribution in [3.8, 4) is 5.69 Å². The molecular weight excluding hydrogens is 243 g/mol. The van der Waals surface area contributed by atoms with Gasteiger partial charge >= 0.3 is 0 Å². The summed E-state index contributed by atoms with van der Waals surface area (Å²) in [5.41, 5.74) is 1.15. The van der Waals surface area contributed by atoms with E-state index in [1.54, 1.807) is 42.6 Å². The predicted octanol–water partition coefficient (Wildman–Crippen LogP) is 2.58. The van der Waals surface area contributed by atoms with Crippen molar-refractivity contribution in [3.63, 3.8) is 0 Å². The lowest BCUT2D eigenvalue weighted by Crippen LogP contribution is -2.19. The highest BCUT2D eigenvalue weighted by molar-refractivity contribution is 5.37. The van der Waals surface area contributed by atoms with Crippen LogP contribution in [0.4, 0.5) is 4.39 Å². The zero-order valence-corrected chi connectivity index (χ0v) is 10.1. The predicted molar refractivity (Wildman–Crippen MR) is 70.5 cm³/mol. The average Bonchev–Trinajstić information content (AvgIpc) is 2.89. The Bertz CT molecular complexity index is 645. The summed E-state index contributed by atoms with van der Waals surface area (Å²) in [7, 11) is 0. The highest BCUT2D eigenvalue weighted by Gasteiger charge is 2.22. The number of aliphatic hydroxyl groups excluding tert-OH is 1. The first-order valence-corrected chi connectivity index (χ1v) is 6.09. The van der Waals surface area contributed by atoms with Gasteiger partial charge in [-0.15, -0.1) is 0 Å². The molecule has 1 N–H and O–H groups in total.